The van der Waals surface area contributed by atoms with Crippen molar-refractivity contribution in [2.24, 2.45) is 5.92 Å². The van der Waals surface area contributed by atoms with Crippen LogP contribution in [0, 0.1) is 5.92 Å². The Hall–Kier alpha value is -1.89. The van der Waals surface area contributed by atoms with Gasteiger partial charge in [-0.25, -0.2) is 13.2 Å². The van der Waals surface area contributed by atoms with Crippen LogP contribution in [0.3, 0.4) is 0 Å². The molecule has 1 unspecified atom stereocenters. The van der Waals surface area contributed by atoms with Gasteiger partial charge in [0.2, 0.25) is 5.91 Å². The summed E-state index contributed by atoms with van der Waals surface area (Å²) in [6.45, 7) is 0. The molecule has 0 aromatic heterocycles. The average Bonchev–Trinajstić information content (AvgIpc) is 2.98. The third-order valence-corrected chi connectivity index (χ3v) is 5.85. The molecule has 0 saturated carbocycles. The van der Waals surface area contributed by atoms with Crippen LogP contribution in [0.1, 0.15) is 12.0 Å². The summed E-state index contributed by atoms with van der Waals surface area (Å²) in [5.74, 6) is -2.29. The summed E-state index contributed by atoms with van der Waals surface area (Å²) in [7, 11) is -3.18. The van der Waals surface area contributed by atoms with Gasteiger partial charge in [-0.3, -0.25) is 9.69 Å². The van der Waals surface area contributed by atoms with Gasteiger partial charge in [0.05, 0.1) is 17.4 Å². The quantitative estimate of drug-likeness (QED) is 0.857. The topological polar surface area (TPSA) is 91.8 Å². The van der Waals surface area contributed by atoms with Gasteiger partial charge >= 0.3 is 5.97 Å². The zero-order valence-electron chi connectivity index (χ0n) is 11.2. The lowest BCUT2D eigenvalue weighted by Crippen LogP contribution is -2.46. The molecule has 0 spiro atoms. The van der Waals surface area contributed by atoms with E-state index in [0.717, 1.165) is 5.56 Å². The second-order valence-electron chi connectivity index (χ2n) is 5.50. The number of hydrogen-bond donors (Lipinski definition) is 1. The lowest BCUT2D eigenvalue weighted by atomic mass is 10.1. The Bertz CT molecular complexity index is 712. The summed E-state index contributed by atoms with van der Waals surface area (Å²) in [6, 6.07) is 6.10. The molecule has 1 aromatic carbocycles. The van der Waals surface area contributed by atoms with Crippen LogP contribution < -0.4 is 4.90 Å². The number of carbonyl (C=O) groups is 2. The first-order valence-corrected chi connectivity index (χ1v) is 8.55. The van der Waals surface area contributed by atoms with E-state index in [2.05, 4.69) is 0 Å². The smallest absolute Gasteiger partial charge is 0.327 e. The van der Waals surface area contributed by atoms with Crippen LogP contribution in [0.25, 0.3) is 0 Å². The van der Waals surface area contributed by atoms with Gasteiger partial charge in [-0.2, -0.15) is 0 Å². The predicted molar refractivity (Wildman–Crippen MR) is 75.8 cm³/mol. The lowest BCUT2D eigenvalue weighted by Gasteiger charge is -2.25. The molecule has 0 aliphatic carbocycles. The monoisotopic (exact) mass is 309 g/mol. The second kappa shape index (κ2) is 4.84. The van der Waals surface area contributed by atoms with Crippen molar-refractivity contribution in [1.29, 1.82) is 0 Å². The molecule has 1 fully saturated rings. The number of anilines is 1. The predicted octanol–water partition coefficient (Wildman–Crippen LogP) is 0.464. The van der Waals surface area contributed by atoms with Crippen molar-refractivity contribution in [2.45, 2.75) is 18.9 Å². The van der Waals surface area contributed by atoms with Crippen molar-refractivity contribution >= 4 is 27.4 Å². The van der Waals surface area contributed by atoms with Crippen molar-refractivity contribution in [3.63, 3.8) is 0 Å². The average molecular weight is 309 g/mol. The Morgan fingerprint density at radius 1 is 1.24 bits per heavy atom. The van der Waals surface area contributed by atoms with E-state index < -0.39 is 33.7 Å². The number of hydrogen-bond acceptors (Lipinski definition) is 4. The first-order chi connectivity index (χ1) is 9.89. The van der Waals surface area contributed by atoms with Gasteiger partial charge in [-0.05, 0) is 18.1 Å². The molecule has 1 amide bonds. The van der Waals surface area contributed by atoms with E-state index in [0.29, 0.717) is 5.69 Å². The SMILES string of the molecule is O=C(O)[C@@H]1Cc2ccccc2N1C(=O)C1CCS(=O)(=O)C1. The van der Waals surface area contributed by atoms with Crippen molar-refractivity contribution in [3.8, 4) is 0 Å². The van der Waals surface area contributed by atoms with Crippen LogP contribution in [0.4, 0.5) is 5.69 Å². The summed E-state index contributed by atoms with van der Waals surface area (Å²) in [5.41, 5.74) is 1.39. The van der Waals surface area contributed by atoms with E-state index in [1.165, 1.54) is 4.90 Å². The molecular weight excluding hydrogens is 294 g/mol. The molecule has 112 valence electrons. The molecule has 7 heteroatoms. The number of carbonyl (C=O) groups excluding carboxylic acids is 1. The van der Waals surface area contributed by atoms with Crippen LogP contribution in [0.2, 0.25) is 0 Å². The van der Waals surface area contributed by atoms with E-state index in [-0.39, 0.29) is 24.3 Å². The van der Waals surface area contributed by atoms with Crippen LogP contribution in [-0.2, 0) is 25.8 Å². The fourth-order valence-corrected chi connectivity index (χ4v) is 4.78. The zero-order chi connectivity index (χ0) is 15.2. The molecule has 2 heterocycles. The number of aliphatic carboxylic acids is 1. The Kier molecular flexibility index (Phi) is 3.24. The Balaban J connectivity index is 1.95. The van der Waals surface area contributed by atoms with Gasteiger partial charge in [-0.1, -0.05) is 18.2 Å². The molecule has 0 bridgehead atoms. The minimum Gasteiger partial charge on any atom is -0.480 e. The standard InChI is InChI=1S/C14H15NO5S/c16-13(10-5-6-21(19,20)8-10)15-11-4-2-1-3-9(11)7-12(15)14(17)18/h1-4,10,12H,5-8H2,(H,17,18)/t10?,12-/m0/s1. The van der Waals surface area contributed by atoms with E-state index >= 15 is 0 Å². The third kappa shape index (κ3) is 2.42. The molecule has 21 heavy (non-hydrogen) atoms. The first-order valence-electron chi connectivity index (χ1n) is 6.73. The highest BCUT2D eigenvalue weighted by Crippen LogP contribution is 2.35. The number of fused-ring (bicyclic) bond motifs is 1. The van der Waals surface area contributed by atoms with E-state index in [1.54, 1.807) is 24.3 Å². The molecule has 2 atom stereocenters. The summed E-state index contributed by atoms with van der Waals surface area (Å²) in [5, 5.41) is 9.34. The van der Waals surface area contributed by atoms with Crippen LogP contribution in [-0.4, -0.2) is 42.9 Å². The molecule has 2 aliphatic rings. The molecule has 1 aromatic rings. The van der Waals surface area contributed by atoms with Gasteiger partial charge in [0.1, 0.15) is 6.04 Å². The molecule has 0 radical (unpaired) electrons. The van der Waals surface area contributed by atoms with Crippen molar-refractivity contribution in [2.75, 3.05) is 16.4 Å². The Morgan fingerprint density at radius 2 is 1.95 bits per heavy atom. The third-order valence-electron chi connectivity index (χ3n) is 4.08. The largest absolute Gasteiger partial charge is 0.480 e. The highest BCUT2D eigenvalue weighted by atomic mass is 32.2. The van der Waals surface area contributed by atoms with Gasteiger partial charge in [0.25, 0.3) is 0 Å². The summed E-state index contributed by atoms with van der Waals surface area (Å²) in [4.78, 5) is 25.3. The molecule has 1 N–H and O–H groups in total. The van der Waals surface area contributed by atoms with Crippen molar-refractivity contribution in [1.82, 2.24) is 0 Å². The van der Waals surface area contributed by atoms with Gasteiger partial charge < -0.3 is 5.11 Å². The summed E-state index contributed by atoms with van der Waals surface area (Å²) < 4.78 is 23.1. The van der Waals surface area contributed by atoms with Crippen LogP contribution in [0.5, 0.6) is 0 Å². The highest BCUT2D eigenvalue weighted by Gasteiger charge is 2.43. The fourth-order valence-electron chi connectivity index (χ4n) is 3.04. The Morgan fingerprint density at radius 3 is 2.57 bits per heavy atom. The first kappa shape index (κ1) is 14.1. The highest BCUT2D eigenvalue weighted by molar-refractivity contribution is 7.91. The van der Waals surface area contributed by atoms with Gasteiger partial charge in [0.15, 0.2) is 9.84 Å². The number of benzene rings is 1. The number of nitrogens with zero attached hydrogens (tertiary/aromatic N) is 1. The Labute approximate surface area is 122 Å². The maximum absolute atomic E-state index is 12.6. The zero-order valence-corrected chi connectivity index (χ0v) is 12.0. The van der Waals surface area contributed by atoms with Gasteiger partial charge in [-0.15, -0.1) is 0 Å². The molecule has 3 rings (SSSR count). The second-order valence-corrected chi connectivity index (χ2v) is 7.72. The number of carboxylic acids is 1. The van der Waals surface area contributed by atoms with Crippen molar-refractivity contribution in [3.05, 3.63) is 29.8 Å². The van der Waals surface area contributed by atoms with Crippen LogP contribution in [0.15, 0.2) is 24.3 Å². The van der Waals surface area contributed by atoms with E-state index in [9.17, 15) is 23.1 Å². The number of sulfone groups is 1. The number of rotatable bonds is 2. The number of amides is 1. The van der Waals surface area contributed by atoms with E-state index in [4.69, 9.17) is 0 Å². The van der Waals surface area contributed by atoms with Crippen molar-refractivity contribution < 1.29 is 23.1 Å². The molecular formula is C14H15NO5S. The van der Waals surface area contributed by atoms with E-state index in [1.807, 2.05) is 0 Å². The summed E-state index contributed by atoms with van der Waals surface area (Å²) >= 11 is 0. The maximum Gasteiger partial charge on any atom is 0.327 e. The maximum atomic E-state index is 12.6. The van der Waals surface area contributed by atoms with Crippen LogP contribution >= 0.6 is 0 Å². The minimum absolute atomic E-state index is 0.00334. The lowest BCUT2D eigenvalue weighted by molar-refractivity contribution is -0.140. The molecule has 6 nitrogen and oxygen atoms in total. The number of carboxylic acid groups (broad SMARTS) is 1. The normalized spacial score (nSPS) is 26.6. The summed E-state index contributed by atoms with van der Waals surface area (Å²) in [6.07, 6.45) is 0.531. The molecule has 1 saturated heterocycles. The fraction of sp³-hybridized carbons (Fsp3) is 0.429. The van der Waals surface area contributed by atoms with Gasteiger partial charge in [0, 0.05) is 12.1 Å². The number of para-hydroxylation sites is 1. The minimum atomic E-state index is -3.18. The molecule has 2 aliphatic heterocycles.